The Balaban J connectivity index is 1.50. The highest BCUT2D eigenvalue weighted by Gasteiger charge is 2.76. The van der Waals surface area contributed by atoms with Crippen LogP contribution in [0.15, 0.2) is 24.3 Å². The maximum atomic E-state index is 13.1. The van der Waals surface area contributed by atoms with Crippen LogP contribution in [0.3, 0.4) is 0 Å². The van der Waals surface area contributed by atoms with E-state index >= 15 is 0 Å². The van der Waals surface area contributed by atoms with Crippen LogP contribution < -0.4 is 0 Å². The fourth-order valence-corrected chi connectivity index (χ4v) is 4.32. The van der Waals surface area contributed by atoms with Crippen molar-refractivity contribution in [3.63, 3.8) is 0 Å². The van der Waals surface area contributed by atoms with Crippen molar-refractivity contribution in [2.75, 3.05) is 0 Å². The molecule has 4 aliphatic rings. The van der Waals surface area contributed by atoms with E-state index in [1.54, 1.807) is 12.1 Å². The minimum absolute atomic E-state index is 0.0928. The molecule has 0 radical (unpaired) electrons. The molecule has 0 aromatic heterocycles. The number of hydrogen-bond acceptors (Lipinski definition) is 2. The summed E-state index contributed by atoms with van der Waals surface area (Å²) < 4.78 is 25.5. The Morgan fingerprint density at radius 3 is 1.86 bits per heavy atom. The fraction of sp³-hybridized carbons (Fsp3) is 0.647. The van der Waals surface area contributed by atoms with E-state index in [1.807, 2.05) is 12.1 Å². The molecule has 1 aromatic rings. The minimum Gasteiger partial charge on any atom is -0.403 e. The Hall–Kier alpha value is -0.865. The van der Waals surface area contributed by atoms with Crippen LogP contribution in [0.5, 0.6) is 0 Å². The molecular weight excluding hydrogens is 266 g/mol. The summed E-state index contributed by atoms with van der Waals surface area (Å²) in [6.45, 7) is 8.42. The lowest BCUT2D eigenvalue weighted by molar-refractivity contribution is -0.0383. The molecule has 1 saturated heterocycles. The first kappa shape index (κ1) is 13.8. The second kappa shape index (κ2) is 3.72. The number of rotatable bonds is 2. The van der Waals surface area contributed by atoms with E-state index in [0.717, 1.165) is 19.3 Å². The molecule has 1 aliphatic heterocycles. The highest BCUT2D eigenvalue weighted by atomic mass is 19.1. The third-order valence-electron chi connectivity index (χ3n) is 6.28. The van der Waals surface area contributed by atoms with Crippen molar-refractivity contribution < 1.29 is 13.7 Å². The van der Waals surface area contributed by atoms with Gasteiger partial charge in [-0.05, 0) is 70.1 Å². The summed E-state index contributed by atoms with van der Waals surface area (Å²) >= 11 is 0. The van der Waals surface area contributed by atoms with Gasteiger partial charge in [-0.1, -0.05) is 12.1 Å². The molecule has 0 unspecified atom stereocenters. The zero-order valence-electron chi connectivity index (χ0n) is 13.2. The van der Waals surface area contributed by atoms with E-state index in [0.29, 0.717) is 0 Å². The normalized spacial score (nSPS) is 38.8. The maximum Gasteiger partial charge on any atom is 0.464 e. The lowest BCUT2D eigenvalue weighted by atomic mass is 9.23. The number of halogens is 1. The molecule has 0 spiro atoms. The Morgan fingerprint density at radius 1 is 0.905 bits per heavy atom. The molecule has 3 saturated carbocycles. The van der Waals surface area contributed by atoms with Crippen molar-refractivity contribution in [2.45, 2.75) is 68.9 Å². The monoisotopic (exact) mass is 288 g/mol. The van der Waals surface area contributed by atoms with Crippen LogP contribution >= 0.6 is 0 Å². The lowest BCUT2D eigenvalue weighted by Crippen LogP contribution is -2.66. The van der Waals surface area contributed by atoms with Crippen molar-refractivity contribution in [2.24, 2.45) is 0 Å². The Bertz CT molecular complexity index is 558. The van der Waals surface area contributed by atoms with E-state index in [1.165, 1.54) is 5.56 Å². The van der Waals surface area contributed by atoms with Gasteiger partial charge in [-0.15, -0.1) is 0 Å². The van der Waals surface area contributed by atoms with Gasteiger partial charge in [0.25, 0.3) is 0 Å². The van der Waals surface area contributed by atoms with Crippen LogP contribution in [0.4, 0.5) is 4.39 Å². The molecule has 1 aromatic carbocycles. The SMILES string of the molecule is CC1(C)OB(C23CC(c4ccc(F)cc4)(C2)C3)OC1(C)C. The largest absolute Gasteiger partial charge is 0.464 e. The zero-order valence-corrected chi connectivity index (χ0v) is 13.2. The molecule has 4 heteroatoms. The van der Waals surface area contributed by atoms with Crippen LogP contribution in [0.2, 0.25) is 5.31 Å². The van der Waals surface area contributed by atoms with Gasteiger partial charge in [0, 0.05) is 5.31 Å². The van der Waals surface area contributed by atoms with Crippen molar-refractivity contribution in [1.29, 1.82) is 0 Å². The molecule has 5 rings (SSSR count). The Morgan fingerprint density at radius 2 is 1.38 bits per heavy atom. The summed E-state index contributed by atoms with van der Waals surface area (Å²) in [6.07, 6.45) is 3.30. The fourth-order valence-electron chi connectivity index (χ4n) is 4.32. The summed E-state index contributed by atoms with van der Waals surface area (Å²) in [4.78, 5) is 0. The van der Waals surface area contributed by atoms with Gasteiger partial charge in [0.15, 0.2) is 0 Å². The van der Waals surface area contributed by atoms with E-state index < -0.39 is 0 Å². The van der Waals surface area contributed by atoms with E-state index in [9.17, 15) is 4.39 Å². The molecule has 2 nitrogen and oxygen atoms in total. The number of hydrogen-bond donors (Lipinski definition) is 0. The summed E-state index contributed by atoms with van der Waals surface area (Å²) in [5.41, 5.74) is 1.01. The second-order valence-electron chi connectivity index (χ2n) is 8.27. The van der Waals surface area contributed by atoms with Gasteiger partial charge in [0.1, 0.15) is 5.82 Å². The van der Waals surface area contributed by atoms with Gasteiger partial charge < -0.3 is 9.31 Å². The van der Waals surface area contributed by atoms with E-state index in [-0.39, 0.29) is 34.9 Å². The topological polar surface area (TPSA) is 18.5 Å². The summed E-state index contributed by atoms with van der Waals surface area (Å²) in [6, 6.07) is 7.00. The highest BCUT2D eigenvalue weighted by molar-refractivity contribution is 6.51. The van der Waals surface area contributed by atoms with E-state index in [4.69, 9.17) is 9.31 Å². The van der Waals surface area contributed by atoms with Crippen molar-refractivity contribution in [1.82, 2.24) is 0 Å². The van der Waals surface area contributed by atoms with Gasteiger partial charge in [-0.2, -0.15) is 0 Å². The zero-order chi connectivity index (χ0) is 15.1. The average Bonchev–Trinajstić information content (AvgIpc) is 2.47. The molecule has 2 bridgehead atoms. The van der Waals surface area contributed by atoms with Crippen LogP contribution in [0, 0.1) is 5.82 Å². The van der Waals surface area contributed by atoms with Crippen molar-refractivity contribution in [3.8, 4) is 0 Å². The van der Waals surface area contributed by atoms with Crippen LogP contribution in [-0.2, 0) is 14.7 Å². The quantitative estimate of drug-likeness (QED) is 0.763. The molecule has 0 N–H and O–H groups in total. The molecule has 0 amide bonds. The molecular formula is C17H22BFO2. The molecule has 112 valence electrons. The highest BCUT2D eigenvalue weighted by Crippen LogP contribution is 2.80. The minimum atomic E-state index is -0.254. The number of benzene rings is 1. The van der Waals surface area contributed by atoms with E-state index in [2.05, 4.69) is 27.7 Å². The second-order valence-corrected chi connectivity index (χ2v) is 8.27. The third-order valence-corrected chi connectivity index (χ3v) is 6.28. The molecule has 4 fully saturated rings. The predicted octanol–water partition coefficient (Wildman–Crippen LogP) is 4.09. The van der Waals surface area contributed by atoms with Gasteiger partial charge >= 0.3 is 7.12 Å². The first-order chi connectivity index (χ1) is 9.68. The van der Waals surface area contributed by atoms with Gasteiger partial charge in [-0.3, -0.25) is 0 Å². The molecule has 21 heavy (non-hydrogen) atoms. The lowest BCUT2D eigenvalue weighted by Gasteiger charge is -2.71. The van der Waals surface area contributed by atoms with Gasteiger partial charge in [0.05, 0.1) is 11.2 Å². The summed E-state index contributed by atoms with van der Waals surface area (Å²) in [7, 11) is -0.0928. The van der Waals surface area contributed by atoms with Gasteiger partial charge in [-0.25, -0.2) is 4.39 Å². The van der Waals surface area contributed by atoms with Crippen LogP contribution in [0.25, 0.3) is 0 Å². The standard InChI is InChI=1S/C17H22BFO2/c1-14(2)15(3,4)21-18(20-14)17-9-16(10-17,11-17)12-5-7-13(19)8-6-12/h5-8H,9-11H2,1-4H3. The van der Waals surface area contributed by atoms with Gasteiger partial charge in [0.2, 0.25) is 0 Å². The summed E-state index contributed by atoms with van der Waals surface area (Å²) in [5, 5.41) is 0.180. The first-order valence-corrected chi connectivity index (χ1v) is 7.80. The van der Waals surface area contributed by atoms with Crippen molar-refractivity contribution in [3.05, 3.63) is 35.6 Å². The van der Waals surface area contributed by atoms with Crippen LogP contribution in [-0.4, -0.2) is 18.3 Å². The maximum absolute atomic E-state index is 13.1. The summed E-state index contributed by atoms with van der Waals surface area (Å²) in [5.74, 6) is -0.161. The van der Waals surface area contributed by atoms with Crippen molar-refractivity contribution >= 4 is 7.12 Å². The first-order valence-electron chi connectivity index (χ1n) is 7.80. The average molecular weight is 288 g/mol. The molecule has 1 heterocycles. The Labute approximate surface area is 126 Å². The molecule has 0 atom stereocenters. The van der Waals surface area contributed by atoms with Crippen LogP contribution in [0.1, 0.15) is 52.5 Å². The predicted molar refractivity (Wildman–Crippen MR) is 80.7 cm³/mol. The smallest absolute Gasteiger partial charge is 0.403 e. The Kier molecular flexibility index (Phi) is 2.44. The third kappa shape index (κ3) is 1.66. The molecule has 3 aliphatic carbocycles.